The van der Waals surface area contributed by atoms with Crippen molar-refractivity contribution in [3.8, 4) is 5.75 Å². The summed E-state index contributed by atoms with van der Waals surface area (Å²) in [4.78, 5) is 37.9. The lowest BCUT2D eigenvalue weighted by molar-refractivity contribution is -0.123. The molecule has 6 nitrogen and oxygen atoms in total. The van der Waals surface area contributed by atoms with Gasteiger partial charge in [-0.3, -0.25) is 14.9 Å². The molecule has 1 N–H and O–H groups in total. The second-order valence-electron chi connectivity index (χ2n) is 5.82. The number of imide groups is 1. The zero-order chi connectivity index (χ0) is 19.8. The number of aryl methyl sites for hydroxylation is 2. The van der Waals surface area contributed by atoms with Crippen LogP contribution < -0.4 is 10.1 Å². The molecule has 0 saturated heterocycles. The number of carbonyl (C=O) groups excluding carboxylic acids is 3. The highest BCUT2D eigenvalue weighted by Gasteiger charge is 2.18. The molecule has 0 saturated carbocycles. The summed E-state index contributed by atoms with van der Waals surface area (Å²) in [7, 11) is 1.44. The Hall–Kier alpha value is -2.67. The van der Waals surface area contributed by atoms with Gasteiger partial charge in [0.15, 0.2) is 6.61 Å². The molecule has 2 amide bonds. The molecule has 2 rings (SSSR count). The minimum Gasteiger partial charge on any atom is -0.496 e. The Morgan fingerprint density at radius 3 is 2.56 bits per heavy atom. The van der Waals surface area contributed by atoms with E-state index in [-0.39, 0.29) is 5.56 Å². The van der Waals surface area contributed by atoms with E-state index < -0.39 is 24.4 Å². The summed E-state index contributed by atoms with van der Waals surface area (Å²) in [5.74, 6) is -1.51. The number of carbonyl (C=O) groups is 3. The van der Waals surface area contributed by atoms with Crippen molar-refractivity contribution in [2.45, 2.75) is 33.1 Å². The monoisotopic (exact) mass is 389 g/mol. The molecule has 1 aromatic heterocycles. The average Bonchev–Trinajstić information content (AvgIpc) is 3.09. The zero-order valence-electron chi connectivity index (χ0n) is 15.7. The Balaban J connectivity index is 1.93. The molecule has 1 aromatic carbocycles. The molecule has 0 atom stereocenters. The predicted molar refractivity (Wildman–Crippen MR) is 103 cm³/mol. The minimum absolute atomic E-state index is 0.231. The Labute approximate surface area is 162 Å². The van der Waals surface area contributed by atoms with Crippen LogP contribution in [0.5, 0.6) is 5.75 Å². The Morgan fingerprint density at radius 2 is 1.89 bits per heavy atom. The number of benzene rings is 1. The Bertz CT molecular complexity index is 828. The molecule has 0 radical (unpaired) electrons. The fraction of sp³-hybridized carbons (Fsp3) is 0.350. The summed E-state index contributed by atoms with van der Waals surface area (Å²) in [6, 6.07) is 8.36. The first kappa shape index (κ1) is 20.6. The molecule has 7 heteroatoms. The molecule has 2 aromatic rings. The highest BCUT2D eigenvalue weighted by Crippen LogP contribution is 2.25. The summed E-state index contributed by atoms with van der Waals surface area (Å²) in [5.41, 5.74) is 1.36. The van der Waals surface area contributed by atoms with Gasteiger partial charge < -0.3 is 9.47 Å². The second-order valence-corrected chi connectivity index (χ2v) is 6.95. The Kier molecular flexibility index (Phi) is 7.55. The van der Waals surface area contributed by atoms with Crippen molar-refractivity contribution in [2.24, 2.45) is 0 Å². The van der Waals surface area contributed by atoms with Crippen molar-refractivity contribution < 1.29 is 23.9 Å². The third-order valence-electron chi connectivity index (χ3n) is 3.89. The molecule has 0 unspecified atom stereocenters. The first-order chi connectivity index (χ1) is 13.0. The molecular weight excluding hydrogens is 366 g/mol. The maximum atomic E-state index is 12.2. The van der Waals surface area contributed by atoms with Crippen LogP contribution in [-0.2, 0) is 22.4 Å². The lowest BCUT2D eigenvalue weighted by atomic mass is 10.1. The van der Waals surface area contributed by atoms with Gasteiger partial charge in [0.1, 0.15) is 10.6 Å². The van der Waals surface area contributed by atoms with Crippen molar-refractivity contribution in [2.75, 3.05) is 13.7 Å². The van der Waals surface area contributed by atoms with Gasteiger partial charge in [-0.2, -0.15) is 0 Å². The maximum absolute atomic E-state index is 12.2. The molecule has 27 heavy (non-hydrogen) atoms. The van der Waals surface area contributed by atoms with Crippen LogP contribution in [0.15, 0.2) is 30.3 Å². The molecule has 144 valence electrons. The minimum atomic E-state index is -0.694. The largest absolute Gasteiger partial charge is 0.496 e. The number of esters is 1. The van der Waals surface area contributed by atoms with E-state index in [0.29, 0.717) is 10.6 Å². The summed E-state index contributed by atoms with van der Waals surface area (Å²) in [5, 5.41) is 2.19. The fourth-order valence-corrected chi connectivity index (χ4v) is 3.82. The van der Waals surface area contributed by atoms with Crippen LogP contribution >= 0.6 is 11.3 Å². The van der Waals surface area contributed by atoms with Crippen molar-refractivity contribution in [3.63, 3.8) is 0 Å². The zero-order valence-corrected chi connectivity index (χ0v) is 16.5. The van der Waals surface area contributed by atoms with E-state index in [1.165, 1.54) is 23.3 Å². The van der Waals surface area contributed by atoms with Gasteiger partial charge in [0.2, 0.25) is 0 Å². The van der Waals surface area contributed by atoms with Crippen LogP contribution in [0.4, 0.5) is 0 Å². The van der Waals surface area contributed by atoms with E-state index in [0.717, 1.165) is 24.8 Å². The average molecular weight is 389 g/mol. The van der Waals surface area contributed by atoms with Crippen LogP contribution in [0.1, 0.15) is 50.7 Å². The molecule has 0 fully saturated rings. The normalized spacial score (nSPS) is 10.3. The van der Waals surface area contributed by atoms with E-state index in [2.05, 4.69) is 12.2 Å². The lowest BCUT2D eigenvalue weighted by Crippen LogP contribution is -2.34. The molecule has 0 aliphatic rings. The van der Waals surface area contributed by atoms with Crippen LogP contribution in [0.2, 0.25) is 0 Å². The topological polar surface area (TPSA) is 81.7 Å². The van der Waals surface area contributed by atoms with Gasteiger partial charge in [-0.15, -0.1) is 11.3 Å². The standard InChI is InChI=1S/C20H23NO5S/c1-4-8-16-13(5-2)11-17(27-16)20(24)26-12-18(22)21-19(23)14-9-6-7-10-15(14)25-3/h6-7,9-11H,4-5,8,12H2,1-3H3,(H,21,22,23). The van der Waals surface area contributed by atoms with E-state index in [4.69, 9.17) is 9.47 Å². The molecular formula is C20H23NO5S. The predicted octanol–water partition coefficient (Wildman–Crippen LogP) is 3.39. The van der Waals surface area contributed by atoms with Gasteiger partial charge in [-0.1, -0.05) is 32.4 Å². The number of hydrogen-bond donors (Lipinski definition) is 1. The van der Waals surface area contributed by atoms with Gasteiger partial charge in [-0.25, -0.2) is 4.79 Å². The van der Waals surface area contributed by atoms with Crippen molar-refractivity contribution in [1.82, 2.24) is 5.32 Å². The van der Waals surface area contributed by atoms with Gasteiger partial charge >= 0.3 is 5.97 Å². The van der Waals surface area contributed by atoms with Crippen LogP contribution in [-0.4, -0.2) is 31.5 Å². The molecule has 1 heterocycles. The molecule has 0 aliphatic carbocycles. The maximum Gasteiger partial charge on any atom is 0.348 e. The van der Waals surface area contributed by atoms with Crippen LogP contribution in [0.25, 0.3) is 0 Å². The summed E-state index contributed by atoms with van der Waals surface area (Å²) in [6.45, 7) is 3.59. The van der Waals surface area contributed by atoms with E-state index in [1.54, 1.807) is 24.3 Å². The number of thiophene rings is 1. The first-order valence-electron chi connectivity index (χ1n) is 8.76. The second kappa shape index (κ2) is 9.87. The number of para-hydroxylation sites is 1. The summed E-state index contributed by atoms with van der Waals surface area (Å²) in [6.07, 6.45) is 2.75. The third-order valence-corrected chi connectivity index (χ3v) is 5.11. The van der Waals surface area contributed by atoms with E-state index >= 15 is 0 Å². The quantitative estimate of drug-likeness (QED) is 0.700. The highest BCUT2D eigenvalue weighted by molar-refractivity contribution is 7.14. The number of ether oxygens (including phenoxy) is 2. The number of nitrogens with one attached hydrogen (secondary N) is 1. The first-order valence-corrected chi connectivity index (χ1v) is 9.57. The lowest BCUT2D eigenvalue weighted by Gasteiger charge is -2.08. The van der Waals surface area contributed by atoms with E-state index in [1.807, 2.05) is 13.0 Å². The van der Waals surface area contributed by atoms with Gasteiger partial charge in [0.25, 0.3) is 11.8 Å². The SMILES string of the molecule is CCCc1sc(C(=O)OCC(=O)NC(=O)c2ccccc2OC)cc1CC. The van der Waals surface area contributed by atoms with Crippen molar-refractivity contribution in [3.05, 3.63) is 51.2 Å². The number of hydrogen-bond acceptors (Lipinski definition) is 6. The third kappa shape index (κ3) is 5.40. The van der Waals surface area contributed by atoms with Crippen LogP contribution in [0.3, 0.4) is 0 Å². The molecule has 0 spiro atoms. The van der Waals surface area contributed by atoms with Crippen molar-refractivity contribution >= 4 is 29.1 Å². The van der Waals surface area contributed by atoms with Crippen LogP contribution in [0, 0.1) is 0 Å². The molecule has 0 bridgehead atoms. The van der Waals surface area contributed by atoms with Crippen molar-refractivity contribution in [1.29, 1.82) is 0 Å². The molecule has 0 aliphatic heterocycles. The summed E-state index contributed by atoms with van der Waals surface area (Å²) >= 11 is 1.39. The number of amides is 2. The smallest absolute Gasteiger partial charge is 0.348 e. The number of methoxy groups -OCH3 is 1. The highest BCUT2D eigenvalue weighted by atomic mass is 32.1. The van der Waals surface area contributed by atoms with Gasteiger partial charge in [0.05, 0.1) is 12.7 Å². The number of rotatable bonds is 8. The van der Waals surface area contributed by atoms with Gasteiger partial charge in [0, 0.05) is 4.88 Å². The van der Waals surface area contributed by atoms with Gasteiger partial charge in [-0.05, 0) is 36.6 Å². The van der Waals surface area contributed by atoms with E-state index in [9.17, 15) is 14.4 Å². The summed E-state index contributed by atoms with van der Waals surface area (Å²) < 4.78 is 10.1. The fourth-order valence-electron chi connectivity index (χ4n) is 2.57. The Morgan fingerprint density at radius 1 is 1.15 bits per heavy atom.